The fourth-order valence-corrected chi connectivity index (χ4v) is 5.50. The van der Waals surface area contributed by atoms with Gasteiger partial charge >= 0.3 is 0 Å². The Labute approximate surface area is 122 Å². The highest BCUT2D eigenvalue weighted by atomic mass is 32.1. The van der Waals surface area contributed by atoms with Crippen molar-refractivity contribution in [3.05, 3.63) is 22.4 Å². The van der Waals surface area contributed by atoms with Crippen LogP contribution < -0.4 is 0 Å². The quantitative estimate of drug-likeness (QED) is 0.744. The maximum Gasteiger partial charge on any atom is 0.0579 e. The van der Waals surface area contributed by atoms with Crippen molar-refractivity contribution in [1.82, 2.24) is 4.90 Å². The summed E-state index contributed by atoms with van der Waals surface area (Å²) in [5, 5.41) is 2.27. The number of hydrogen-bond acceptors (Lipinski definition) is 2. The Morgan fingerprint density at radius 3 is 2.79 bits per heavy atom. The number of rotatable bonds is 2. The van der Waals surface area contributed by atoms with E-state index in [1.165, 1.54) is 51.6 Å². The molecule has 106 valence electrons. The molecule has 19 heavy (non-hydrogen) atoms. The van der Waals surface area contributed by atoms with Gasteiger partial charge in [0.2, 0.25) is 0 Å². The SMILES string of the molecule is C[C@H]1CCCN([C@@]2(c3cccs3)CCCC[C@H]2C)C1. The second-order valence-electron chi connectivity index (χ2n) is 6.74. The molecule has 1 aromatic rings. The van der Waals surface area contributed by atoms with E-state index in [1.807, 2.05) is 11.3 Å². The monoisotopic (exact) mass is 277 g/mol. The molecule has 0 N–H and O–H groups in total. The number of hydrogen-bond donors (Lipinski definition) is 0. The topological polar surface area (TPSA) is 3.24 Å². The lowest BCUT2D eigenvalue weighted by molar-refractivity contribution is -0.0209. The molecule has 3 atom stereocenters. The standard InChI is InChI=1S/C17H27NS/c1-14-7-5-11-18(13-14)17(16-9-6-12-19-16)10-4-3-8-15(17)2/h6,9,12,14-15H,3-5,7-8,10-11,13H2,1-2H3/t14-,15+,17-/m0/s1. The van der Waals surface area contributed by atoms with Gasteiger partial charge in [0.05, 0.1) is 5.54 Å². The van der Waals surface area contributed by atoms with E-state index in [1.54, 1.807) is 4.88 Å². The lowest BCUT2D eigenvalue weighted by Crippen LogP contribution is -2.54. The zero-order valence-electron chi connectivity index (χ0n) is 12.4. The summed E-state index contributed by atoms with van der Waals surface area (Å²) in [4.78, 5) is 4.49. The minimum atomic E-state index is 0.362. The van der Waals surface area contributed by atoms with Crippen LogP contribution >= 0.6 is 11.3 Å². The zero-order valence-corrected chi connectivity index (χ0v) is 13.2. The second-order valence-corrected chi connectivity index (χ2v) is 7.69. The Morgan fingerprint density at radius 2 is 2.11 bits per heavy atom. The van der Waals surface area contributed by atoms with Gasteiger partial charge in [-0.15, -0.1) is 11.3 Å². The maximum atomic E-state index is 2.86. The lowest BCUT2D eigenvalue weighted by atomic mass is 9.70. The first-order valence-electron chi connectivity index (χ1n) is 8.02. The fraction of sp³-hybridized carbons (Fsp3) is 0.765. The third-order valence-corrected chi connectivity index (χ3v) is 6.47. The molecule has 1 aliphatic heterocycles. The molecule has 1 saturated carbocycles. The molecule has 0 aromatic carbocycles. The Balaban J connectivity index is 1.96. The van der Waals surface area contributed by atoms with E-state index in [-0.39, 0.29) is 0 Å². The van der Waals surface area contributed by atoms with E-state index in [0.29, 0.717) is 5.54 Å². The predicted molar refractivity (Wildman–Crippen MR) is 83.6 cm³/mol. The minimum Gasteiger partial charge on any atom is -0.292 e. The van der Waals surface area contributed by atoms with Crippen molar-refractivity contribution >= 4 is 11.3 Å². The zero-order chi connectivity index (χ0) is 13.3. The molecule has 2 heterocycles. The molecule has 0 radical (unpaired) electrons. The number of likely N-dealkylation sites (tertiary alicyclic amines) is 1. The summed E-state index contributed by atoms with van der Waals surface area (Å²) in [5.74, 6) is 1.69. The van der Waals surface area contributed by atoms with Crippen LogP contribution in [-0.2, 0) is 5.54 Å². The van der Waals surface area contributed by atoms with Crippen LogP contribution in [0.2, 0.25) is 0 Å². The van der Waals surface area contributed by atoms with Crippen LogP contribution in [0, 0.1) is 11.8 Å². The van der Waals surface area contributed by atoms with Gasteiger partial charge in [0.15, 0.2) is 0 Å². The van der Waals surface area contributed by atoms with Crippen molar-refractivity contribution in [2.75, 3.05) is 13.1 Å². The van der Waals surface area contributed by atoms with E-state index in [2.05, 4.69) is 36.3 Å². The molecule has 0 unspecified atom stereocenters. The molecule has 2 fully saturated rings. The summed E-state index contributed by atoms with van der Waals surface area (Å²) >= 11 is 1.99. The largest absolute Gasteiger partial charge is 0.292 e. The van der Waals surface area contributed by atoms with E-state index in [9.17, 15) is 0 Å². The van der Waals surface area contributed by atoms with Crippen molar-refractivity contribution in [1.29, 1.82) is 0 Å². The van der Waals surface area contributed by atoms with Crippen molar-refractivity contribution in [3.63, 3.8) is 0 Å². The van der Waals surface area contributed by atoms with Crippen molar-refractivity contribution in [3.8, 4) is 0 Å². The Morgan fingerprint density at radius 1 is 1.21 bits per heavy atom. The van der Waals surface area contributed by atoms with Crippen LogP contribution in [0.5, 0.6) is 0 Å². The smallest absolute Gasteiger partial charge is 0.0579 e. The van der Waals surface area contributed by atoms with Crippen molar-refractivity contribution in [2.24, 2.45) is 11.8 Å². The van der Waals surface area contributed by atoms with E-state index in [0.717, 1.165) is 11.8 Å². The molecular weight excluding hydrogens is 250 g/mol. The van der Waals surface area contributed by atoms with E-state index < -0.39 is 0 Å². The molecule has 1 nitrogen and oxygen atoms in total. The fourth-order valence-electron chi connectivity index (χ4n) is 4.40. The Hall–Kier alpha value is -0.340. The normalized spacial score (nSPS) is 37.4. The summed E-state index contributed by atoms with van der Waals surface area (Å²) in [6, 6.07) is 4.64. The van der Waals surface area contributed by atoms with Crippen LogP contribution in [0.1, 0.15) is 57.2 Å². The highest BCUT2D eigenvalue weighted by molar-refractivity contribution is 7.10. The Kier molecular flexibility index (Phi) is 4.00. The van der Waals surface area contributed by atoms with E-state index in [4.69, 9.17) is 0 Å². The molecular formula is C17H27NS. The van der Waals surface area contributed by atoms with Gasteiger partial charge in [0.25, 0.3) is 0 Å². The number of nitrogens with zero attached hydrogens (tertiary/aromatic N) is 1. The van der Waals surface area contributed by atoms with Gasteiger partial charge in [-0.05, 0) is 55.5 Å². The molecule has 2 heteroatoms. The van der Waals surface area contributed by atoms with Gasteiger partial charge < -0.3 is 0 Å². The molecule has 0 amide bonds. The average molecular weight is 277 g/mol. The summed E-state index contributed by atoms with van der Waals surface area (Å²) < 4.78 is 0. The van der Waals surface area contributed by atoms with Gasteiger partial charge in [0, 0.05) is 11.4 Å². The van der Waals surface area contributed by atoms with Gasteiger partial charge in [0.1, 0.15) is 0 Å². The minimum absolute atomic E-state index is 0.362. The van der Waals surface area contributed by atoms with Crippen LogP contribution in [-0.4, -0.2) is 18.0 Å². The average Bonchev–Trinajstić information content (AvgIpc) is 2.94. The number of thiophene rings is 1. The second kappa shape index (κ2) is 5.57. The lowest BCUT2D eigenvalue weighted by Gasteiger charge is -2.52. The summed E-state index contributed by atoms with van der Waals surface area (Å²) in [7, 11) is 0. The first-order valence-corrected chi connectivity index (χ1v) is 8.90. The van der Waals surface area contributed by atoms with Crippen LogP contribution in [0.4, 0.5) is 0 Å². The Bertz CT molecular complexity index is 399. The molecule has 3 rings (SSSR count). The summed E-state index contributed by atoms with van der Waals surface area (Å²) in [5.41, 5.74) is 0.362. The van der Waals surface area contributed by atoms with Gasteiger partial charge in [-0.3, -0.25) is 4.90 Å². The third kappa shape index (κ3) is 2.38. The molecule has 1 aliphatic carbocycles. The molecule has 0 spiro atoms. The summed E-state index contributed by atoms with van der Waals surface area (Å²) in [6.07, 6.45) is 8.43. The number of piperidine rings is 1. The molecule has 2 aliphatic rings. The van der Waals surface area contributed by atoms with Crippen LogP contribution in [0.25, 0.3) is 0 Å². The van der Waals surface area contributed by atoms with Gasteiger partial charge in [-0.1, -0.05) is 32.8 Å². The van der Waals surface area contributed by atoms with Gasteiger partial charge in [-0.2, -0.15) is 0 Å². The van der Waals surface area contributed by atoms with E-state index >= 15 is 0 Å². The van der Waals surface area contributed by atoms with Crippen LogP contribution in [0.3, 0.4) is 0 Å². The van der Waals surface area contributed by atoms with Crippen LogP contribution in [0.15, 0.2) is 17.5 Å². The highest BCUT2D eigenvalue weighted by Crippen LogP contribution is 2.48. The maximum absolute atomic E-state index is 2.86. The van der Waals surface area contributed by atoms with Gasteiger partial charge in [-0.25, -0.2) is 0 Å². The first kappa shape index (κ1) is 13.6. The van der Waals surface area contributed by atoms with Crippen molar-refractivity contribution < 1.29 is 0 Å². The molecule has 0 bridgehead atoms. The van der Waals surface area contributed by atoms with Crippen molar-refractivity contribution in [2.45, 2.75) is 57.9 Å². The third-order valence-electron chi connectivity index (χ3n) is 5.43. The summed E-state index contributed by atoms with van der Waals surface area (Å²) in [6.45, 7) is 7.55. The first-order chi connectivity index (χ1) is 9.23. The predicted octanol–water partition coefficient (Wildman–Crippen LogP) is 4.89. The molecule has 1 saturated heterocycles. The highest BCUT2D eigenvalue weighted by Gasteiger charge is 2.46. The molecule has 1 aromatic heterocycles.